The minimum absolute atomic E-state index is 0.0596. The number of amides is 1. The molecule has 122 valence electrons. The maximum absolute atomic E-state index is 12.2. The van der Waals surface area contributed by atoms with Gasteiger partial charge in [0, 0.05) is 11.9 Å². The van der Waals surface area contributed by atoms with E-state index >= 15 is 0 Å². The average molecular weight is 329 g/mol. The molecule has 3 aromatic carbocycles. The average Bonchev–Trinajstić information content (AvgIpc) is 2.64. The van der Waals surface area contributed by atoms with Crippen LogP contribution in [-0.4, -0.2) is 11.0 Å². The second-order valence-electron chi connectivity index (χ2n) is 5.35. The Morgan fingerprint density at radius 3 is 2.48 bits per heavy atom. The first-order valence-electron chi connectivity index (χ1n) is 7.62. The lowest BCUT2D eigenvalue weighted by Gasteiger charge is -2.07. The molecule has 3 N–H and O–H groups in total. The van der Waals surface area contributed by atoms with Crippen molar-refractivity contribution >= 4 is 28.1 Å². The van der Waals surface area contributed by atoms with Crippen molar-refractivity contribution in [2.24, 2.45) is 0 Å². The van der Waals surface area contributed by atoms with Crippen molar-refractivity contribution in [2.45, 2.75) is 0 Å². The van der Waals surface area contributed by atoms with Crippen molar-refractivity contribution in [2.75, 3.05) is 10.6 Å². The van der Waals surface area contributed by atoms with Crippen LogP contribution in [0.3, 0.4) is 0 Å². The Morgan fingerprint density at radius 1 is 1.00 bits per heavy atom. The zero-order valence-electron chi connectivity index (χ0n) is 13.2. The Kier molecular flexibility index (Phi) is 4.63. The molecular formula is C20H15N3O2. The van der Waals surface area contributed by atoms with E-state index in [1.807, 2.05) is 48.5 Å². The van der Waals surface area contributed by atoms with Crippen molar-refractivity contribution in [1.82, 2.24) is 0 Å². The van der Waals surface area contributed by atoms with E-state index in [2.05, 4.69) is 10.6 Å². The highest BCUT2D eigenvalue weighted by molar-refractivity contribution is 6.07. The number of benzene rings is 3. The van der Waals surface area contributed by atoms with E-state index in [4.69, 9.17) is 0 Å². The molecule has 1 amide bonds. The second kappa shape index (κ2) is 7.20. The molecule has 0 saturated heterocycles. The van der Waals surface area contributed by atoms with Gasteiger partial charge in [0.1, 0.15) is 17.4 Å². The van der Waals surface area contributed by atoms with Crippen LogP contribution >= 0.6 is 0 Å². The van der Waals surface area contributed by atoms with Crippen LogP contribution in [-0.2, 0) is 4.79 Å². The second-order valence-corrected chi connectivity index (χ2v) is 5.35. The number of hydrogen-bond donors (Lipinski definition) is 3. The first-order chi connectivity index (χ1) is 12.2. The van der Waals surface area contributed by atoms with Gasteiger partial charge in [-0.25, -0.2) is 0 Å². The van der Waals surface area contributed by atoms with Crippen molar-refractivity contribution in [1.29, 1.82) is 5.26 Å². The summed E-state index contributed by atoms with van der Waals surface area (Å²) < 4.78 is 0. The van der Waals surface area contributed by atoms with Crippen LogP contribution in [0.15, 0.2) is 78.5 Å². The van der Waals surface area contributed by atoms with E-state index in [9.17, 15) is 15.2 Å². The summed E-state index contributed by atoms with van der Waals surface area (Å²) in [5.74, 6) is -0.659. The Hall–Kier alpha value is -3.78. The Morgan fingerprint density at radius 2 is 1.72 bits per heavy atom. The number of phenols is 1. The maximum atomic E-state index is 12.2. The minimum Gasteiger partial charge on any atom is -0.506 e. The van der Waals surface area contributed by atoms with Gasteiger partial charge in [-0.05, 0) is 35.0 Å². The summed E-state index contributed by atoms with van der Waals surface area (Å²) in [4.78, 5) is 12.2. The summed E-state index contributed by atoms with van der Waals surface area (Å²) >= 11 is 0. The number of carbonyl (C=O) groups is 1. The highest BCUT2D eigenvalue weighted by Gasteiger charge is 2.11. The van der Waals surface area contributed by atoms with Gasteiger partial charge in [0.15, 0.2) is 0 Å². The lowest BCUT2D eigenvalue weighted by Crippen LogP contribution is -2.14. The topological polar surface area (TPSA) is 85.2 Å². The molecule has 25 heavy (non-hydrogen) atoms. The zero-order valence-corrected chi connectivity index (χ0v) is 13.2. The summed E-state index contributed by atoms with van der Waals surface area (Å²) in [6, 6.07) is 21.9. The van der Waals surface area contributed by atoms with E-state index in [1.165, 1.54) is 12.3 Å². The van der Waals surface area contributed by atoms with Gasteiger partial charge < -0.3 is 15.7 Å². The third-order valence-corrected chi connectivity index (χ3v) is 3.65. The summed E-state index contributed by atoms with van der Waals surface area (Å²) in [5, 5.41) is 26.5. The van der Waals surface area contributed by atoms with Crippen LogP contribution < -0.4 is 10.6 Å². The summed E-state index contributed by atoms with van der Waals surface area (Å²) in [6.07, 6.45) is 1.35. The van der Waals surface area contributed by atoms with Crippen LogP contribution in [0.2, 0.25) is 0 Å². The van der Waals surface area contributed by atoms with Gasteiger partial charge in [0.05, 0.1) is 5.69 Å². The fourth-order valence-corrected chi connectivity index (χ4v) is 2.35. The molecule has 0 unspecified atom stereocenters. The van der Waals surface area contributed by atoms with Crippen LogP contribution in [0.25, 0.3) is 10.8 Å². The van der Waals surface area contributed by atoms with Crippen molar-refractivity contribution < 1.29 is 9.90 Å². The zero-order chi connectivity index (χ0) is 17.6. The van der Waals surface area contributed by atoms with Crippen molar-refractivity contribution in [3.05, 3.63) is 78.5 Å². The molecule has 3 rings (SSSR count). The molecule has 0 spiro atoms. The highest BCUT2D eigenvalue weighted by atomic mass is 16.3. The van der Waals surface area contributed by atoms with E-state index in [0.717, 1.165) is 16.5 Å². The Labute approximate surface area is 144 Å². The SMILES string of the molecule is N#C/C(=C/Nc1ccc2ccccc2c1)C(=O)Nc1ccccc1O. The number of rotatable bonds is 4. The van der Waals surface area contributed by atoms with Gasteiger partial charge in [-0.2, -0.15) is 5.26 Å². The van der Waals surface area contributed by atoms with Gasteiger partial charge in [-0.1, -0.05) is 42.5 Å². The van der Waals surface area contributed by atoms with Gasteiger partial charge >= 0.3 is 0 Å². The maximum Gasteiger partial charge on any atom is 0.267 e. The summed E-state index contributed by atoms with van der Waals surface area (Å²) in [7, 11) is 0. The smallest absolute Gasteiger partial charge is 0.267 e. The Balaban J connectivity index is 1.76. The normalized spacial score (nSPS) is 10.9. The fourth-order valence-electron chi connectivity index (χ4n) is 2.35. The van der Waals surface area contributed by atoms with E-state index in [1.54, 1.807) is 18.2 Å². The van der Waals surface area contributed by atoms with Gasteiger partial charge in [0.2, 0.25) is 0 Å². The van der Waals surface area contributed by atoms with Crippen LogP contribution in [0.5, 0.6) is 5.75 Å². The molecular weight excluding hydrogens is 314 g/mol. The number of para-hydroxylation sites is 2. The molecule has 0 radical (unpaired) electrons. The van der Waals surface area contributed by atoms with Gasteiger partial charge in [-0.3, -0.25) is 4.79 Å². The number of phenolic OH excluding ortho intramolecular Hbond substituents is 1. The predicted molar refractivity (Wildman–Crippen MR) is 98.0 cm³/mol. The van der Waals surface area contributed by atoms with Crippen molar-refractivity contribution in [3.63, 3.8) is 0 Å². The third kappa shape index (κ3) is 3.77. The molecule has 5 heteroatoms. The molecule has 0 aromatic heterocycles. The van der Waals surface area contributed by atoms with E-state index < -0.39 is 5.91 Å². The number of nitriles is 1. The largest absolute Gasteiger partial charge is 0.506 e. The van der Waals surface area contributed by atoms with Crippen molar-refractivity contribution in [3.8, 4) is 11.8 Å². The number of carbonyl (C=O) groups excluding carboxylic acids is 1. The quantitative estimate of drug-likeness (QED) is 0.384. The summed E-state index contributed by atoms with van der Waals surface area (Å²) in [5.41, 5.74) is 0.914. The number of nitrogens with one attached hydrogen (secondary N) is 2. The molecule has 0 aliphatic heterocycles. The van der Waals surface area contributed by atoms with E-state index in [-0.39, 0.29) is 17.0 Å². The van der Waals surface area contributed by atoms with Crippen LogP contribution in [0, 0.1) is 11.3 Å². The predicted octanol–water partition coefficient (Wildman–Crippen LogP) is 4.00. The first kappa shape index (κ1) is 16.1. The van der Waals surface area contributed by atoms with Crippen LogP contribution in [0.1, 0.15) is 0 Å². The number of aromatic hydroxyl groups is 1. The van der Waals surface area contributed by atoms with Crippen LogP contribution in [0.4, 0.5) is 11.4 Å². The molecule has 0 aliphatic carbocycles. The number of anilines is 2. The molecule has 0 saturated carbocycles. The standard InChI is InChI=1S/C20H15N3O2/c21-12-16(20(25)23-18-7-3-4-8-19(18)24)13-22-17-10-9-14-5-1-2-6-15(14)11-17/h1-11,13,22,24H,(H,23,25)/b16-13-. The first-order valence-corrected chi connectivity index (χ1v) is 7.62. The summed E-state index contributed by atoms with van der Waals surface area (Å²) in [6.45, 7) is 0. The van der Waals surface area contributed by atoms with Gasteiger partial charge in [-0.15, -0.1) is 0 Å². The monoisotopic (exact) mass is 329 g/mol. The molecule has 0 aliphatic rings. The molecule has 0 atom stereocenters. The molecule has 0 bridgehead atoms. The lowest BCUT2D eigenvalue weighted by molar-refractivity contribution is -0.112. The number of fused-ring (bicyclic) bond motifs is 1. The highest BCUT2D eigenvalue weighted by Crippen LogP contribution is 2.22. The fraction of sp³-hybridized carbons (Fsp3) is 0. The molecule has 3 aromatic rings. The molecule has 5 nitrogen and oxygen atoms in total. The number of hydrogen-bond acceptors (Lipinski definition) is 4. The minimum atomic E-state index is -0.600. The van der Waals surface area contributed by atoms with E-state index in [0.29, 0.717) is 0 Å². The lowest BCUT2D eigenvalue weighted by atomic mass is 10.1. The molecule has 0 heterocycles. The third-order valence-electron chi connectivity index (χ3n) is 3.65. The molecule has 0 fully saturated rings. The Bertz CT molecular complexity index is 1000. The van der Waals surface area contributed by atoms with Gasteiger partial charge in [0.25, 0.3) is 5.91 Å². The number of nitrogens with zero attached hydrogens (tertiary/aromatic N) is 1.